The van der Waals surface area contributed by atoms with Crippen LogP contribution in [-0.4, -0.2) is 79.0 Å². The number of carbonyl (C=O) groups is 5. The quantitative estimate of drug-likeness (QED) is 0.117. The van der Waals surface area contributed by atoms with Gasteiger partial charge in [0.05, 0.1) is 12.4 Å². The number of imidazole rings is 1. The van der Waals surface area contributed by atoms with E-state index in [0.29, 0.717) is 17.7 Å². The number of amides is 3. The van der Waals surface area contributed by atoms with Gasteiger partial charge in [0.15, 0.2) is 0 Å². The number of nitrogens with zero attached hydrogens (tertiary/aromatic N) is 1. The summed E-state index contributed by atoms with van der Waals surface area (Å²) < 4.78 is 0. The van der Waals surface area contributed by atoms with Crippen LogP contribution in [0.3, 0.4) is 0 Å². The first kappa shape index (κ1) is 31.8. The van der Waals surface area contributed by atoms with E-state index in [2.05, 4.69) is 30.9 Å². The molecule has 0 aliphatic carbocycles. The lowest BCUT2D eigenvalue weighted by molar-refractivity contribution is -0.143. The number of carbonyl (C=O) groups excluding carboxylic acids is 3. The number of aromatic amines is 2. The minimum absolute atomic E-state index is 0.00658. The van der Waals surface area contributed by atoms with Crippen molar-refractivity contribution < 1.29 is 34.2 Å². The number of hydrogen-bond donors (Lipinski definition) is 8. The van der Waals surface area contributed by atoms with E-state index >= 15 is 0 Å². The van der Waals surface area contributed by atoms with Crippen LogP contribution < -0.4 is 21.7 Å². The Morgan fingerprint density at radius 3 is 2.31 bits per heavy atom. The molecule has 14 heteroatoms. The number of aliphatic carboxylic acids is 2. The van der Waals surface area contributed by atoms with Crippen molar-refractivity contribution in [3.05, 3.63) is 54.2 Å². The molecule has 3 amide bonds. The number of para-hydroxylation sites is 1. The van der Waals surface area contributed by atoms with Crippen molar-refractivity contribution in [1.82, 2.24) is 30.9 Å². The number of benzene rings is 1. The van der Waals surface area contributed by atoms with Crippen LogP contribution in [-0.2, 0) is 36.8 Å². The molecule has 0 aliphatic rings. The van der Waals surface area contributed by atoms with E-state index in [-0.39, 0.29) is 25.2 Å². The smallest absolute Gasteiger partial charge is 0.326 e. The molecule has 226 valence electrons. The number of rotatable bonds is 16. The third-order valence-electron chi connectivity index (χ3n) is 7.12. The van der Waals surface area contributed by atoms with Crippen molar-refractivity contribution in [2.45, 2.75) is 70.1 Å². The Labute approximate surface area is 241 Å². The zero-order valence-electron chi connectivity index (χ0n) is 23.4. The summed E-state index contributed by atoms with van der Waals surface area (Å²) in [5.74, 6) is -4.98. The molecule has 0 saturated heterocycles. The van der Waals surface area contributed by atoms with Crippen molar-refractivity contribution in [2.75, 3.05) is 0 Å². The van der Waals surface area contributed by atoms with Gasteiger partial charge >= 0.3 is 11.9 Å². The topological polar surface area (TPSA) is 232 Å². The first-order valence-corrected chi connectivity index (χ1v) is 13.6. The van der Waals surface area contributed by atoms with E-state index in [1.165, 1.54) is 6.33 Å². The molecule has 3 aromatic rings. The van der Waals surface area contributed by atoms with Crippen molar-refractivity contribution in [1.29, 1.82) is 0 Å². The number of H-pyrrole nitrogens is 2. The molecule has 9 N–H and O–H groups in total. The van der Waals surface area contributed by atoms with Crippen LogP contribution in [0.2, 0.25) is 0 Å². The summed E-state index contributed by atoms with van der Waals surface area (Å²) in [4.78, 5) is 72.6. The molecule has 0 saturated carbocycles. The van der Waals surface area contributed by atoms with Gasteiger partial charge in [0.1, 0.15) is 18.1 Å². The predicted molar refractivity (Wildman–Crippen MR) is 152 cm³/mol. The first-order valence-electron chi connectivity index (χ1n) is 13.6. The third kappa shape index (κ3) is 8.64. The summed E-state index contributed by atoms with van der Waals surface area (Å²) >= 11 is 0. The average molecular weight is 584 g/mol. The van der Waals surface area contributed by atoms with Crippen LogP contribution in [0.1, 0.15) is 44.4 Å². The van der Waals surface area contributed by atoms with Crippen LogP contribution in [0.5, 0.6) is 0 Å². The van der Waals surface area contributed by atoms with E-state index in [0.717, 1.165) is 10.9 Å². The number of aromatic nitrogens is 3. The maximum absolute atomic E-state index is 13.6. The molecule has 5 atom stereocenters. The minimum Gasteiger partial charge on any atom is -0.481 e. The summed E-state index contributed by atoms with van der Waals surface area (Å²) in [7, 11) is 0. The van der Waals surface area contributed by atoms with Crippen LogP contribution in [0.25, 0.3) is 10.9 Å². The largest absolute Gasteiger partial charge is 0.481 e. The summed E-state index contributed by atoms with van der Waals surface area (Å²) in [6, 6.07) is 2.60. The molecular weight excluding hydrogens is 546 g/mol. The number of nitrogens with two attached hydrogens (primary N) is 1. The number of hydrogen-bond acceptors (Lipinski definition) is 7. The molecule has 0 spiro atoms. The highest BCUT2D eigenvalue weighted by Gasteiger charge is 2.33. The van der Waals surface area contributed by atoms with Gasteiger partial charge < -0.3 is 41.9 Å². The van der Waals surface area contributed by atoms with Gasteiger partial charge in [-0.25, -0.2) is 9.78 Å². The number of fused-ring (bicyclic) bond motifs is 1. The van der Waals surface area contributed by atoms with Crippen molar-refractivity contribution in [3.63, 3.8) is 0 Å². The minimum atomic E-state index is -1.48. The second-order valence-corrected chi connectivity index (χ2v) is 10.2. The van der Waals surface area contributed by atoms with Gasteiger partial charge in [-0.05, 0) is 24.0 Å². The van der Waals surface area contributed by atoms with E-state index in [9.17, 15) is 29.1 Å². The molecule has 0 bridgehead atoms. The summed E-state index contributed by atoms with van der Waals surface area (Å²) in [6.07, 6.45) is 4.56. The molecule has 14 nitrogen and oxygen atoms in total. The molecule has 5 unspecified atom stereocenters. The summed E-state index contributed by atoms with van der Waals surface area (Å²) in [5, 5.41) is 27.1. The highest BCUT2D eigenvalue weighted by Crippen LogP contribution is 2.20. The molecule has 3 rings (SSSR count). The molecule has 0 radical (unpaired) electrons. The standard InChI is InChI=1S/C28H37N7O7/c1-3-15(2)24(35-25(38)19(29)11-17-13-30-14-32-17)27(40)34-22(10-16-12-31-20-7-5-4-6-18(16)20)26(39)33-21(28(41)42)8-9-23(36)37/h4-7,12-15,19,21-22,24,31H,3,8-11,29H2,1-2H3,(H,30,32)(H,33,39)(H,34,40)(H,35,38)(H,36,37)(H,41,42). The van der Waals surface area contributed by atoms with Crippen LogP contribution in [0.15, 0.2) is 43.0 Å². The Kier molecular flexibility index (Phi) is 11.2. The highest BCUT2D eigenvalue weighted by molar-refractivity contribution is 5.95. The molecule has 0 aliphatic heterocycles. The zero-order chi connectivity index (χ0) is 30.8. The predicted octanol–water partition coefficient (Wildman–Crippen LogP) is 0.453. The zero-order valence-corrected chi connectivity index (χ0v) is 23.4. The summed E-state index contributed by atoms with van der Waals surface area (Å²) in [5.41, 5.74) is 8.21. The Balaban J connectivity index is 1.83. The van der Waals surface area contributed by atoms with Crippen LogP contribution in [0.4, 0.5) is 0 Å². The third-order valence-corrected chi connectivity index (χ3v) is 7.12. The van der Waals surface area contributed by atoms with E-state index < -0.39 is 60.2 Å². The van der Waals surface area contributed by atoms with Crippen molar-refractivity contribution in [3.8, 4) is 0 Å². The number of carboxylic acids is 2. The second-order valence-electron chi connectivity index (χ2n) is 10.2. The maximum Gasteiger partial charge on any atom is 0.326 e. The molecular formula is C28H37N7O7. The van der Waals surface area contributed by atoms with Crippen LogP contribution in [0, 0.1) is 5.92 Å². The van der Waals surface area contributed by atoms with E-state index in [4.69, 9.17) is 10.8 Å². The monoisotopic (exact) mass is 583 g/mol. The normalized spacial score (nSPS) is 14.7. The Hall–Kier alpha value is -4.72. The maximum atomic E-state index is 13.6. The Morgan fingerprint density at radius 2 is 1.67 bits per heavy atom. The van der Waals surface area contributed by atoms with E-state index in [1.54, 1.807) is 19.3 Å². The fourth-order valence-electron chi connectivity index (χ4n) is 4.48. The summed E-state index contributed by atoms with van der Waals surface area (Å²) in [6.45, 7) is 3.61. The lowest BCUT2D eigenvalue weighted by Gasteiger charge is -2.28. The van der Waals surface area contributed by atoms with E-state index in [1.807, 2.05) is 31.2 Å². The number of nitrogens with one attached hydrogen (secondary N) is 5. The molecule has 2 heterocycles. The molecule has 42 heavy (non-hydrogen) atoms. The van der Waals surface area contributed by atoms with Crippen molar-refractivity contribution >= 4 is 40.6 Å². The SMILES string of the molecule is CCC(C)C(NC(=O)C(N)Cc1cnc[nH]1)C(=O)NC(Cc1c[nH]c2ccccc12)C(=O)NC(CCC(=O)O)C(=O)O. The van der Waals surface area contributed by atoms with Crippen molar-refractivity contribution in [2.24, 2.45) is 11.7 Å². The fraction of sp³-hybridized carbons (Fsp3) is 0.429. The van der Waals surface area contributed by atoms with Gasteiger partial charge in [-0.2, -0.15) is 0 Å². The lowest BCUT2D eigenvalue weighted by Crippen LogP contribution is -2.59. The average Bonchev–Trinajstić information content (AvgIpc) is 3.62. The van der Waals surface area contributed by atoms with Crippen LogP contribution >= 0.6 is 0 Å². The first-order chi connectivity index (χ1) is 20.0. The highest BCUT2D eigenvalue weighted by atomic mass is 16.4. The number of carboxylic acid groups (broad SMARTS) is 2. The Bertz CT molecular complexity index is 1390. The van der Waals surface area contributed by atoms with Gasteiger partial charge in [0.2, 0.25) is 17.7 Å². The fourth-order valence-corrected chi connectivity index (χ4v) is 4.48. The molecule has 0 fully saturated rings. The lowest BCUT2D eigenvalue weighted by atomic mass is 9.96. The van der Waals surface area contributed by atoms with Gasteiger partial charge in [0, 0.05) is 48.3 Å². The van der Waals surface area contributed by atoms with Gasteiger partial charge in [-0.1, -0.05) is 38.5 Å². The molecule has 2 aromatic heterocycles. The molecule has 1 aromatic carbocycles. The second kappa shape index (κ2) is 14.8. The Morgan fingerprint density at radius 1 is 0.952 bits per heavy atom. The van der Waals surface area contributed by atoms with Gasteiger partial charge in [-0.3, -0.25) is 19.2 Å². The van der Waals surface area contributed by atoms with Gasteiger partial charge in [0.25, 0.3) is 0 Å². The van der Waals surface area contributed by atoms with Gasteiger partial charge in [-0.15, -0.1) is 0 Å².